The summed E-state index contributed by atoms with van der Waals surface area (Å²) in [5.41, 5.74) is 3.70. The molecule has 0 spiro atoms. The molecule has 0 saturated carbocycles. The molecule has 20 heavy (non-hydrogen) atoms. The highest BCUT2D eigenvalue weighted by Gasteiger charge is 1.92. The monoisotopic (exact) mass is 291 g/mol. The smallest absolute Gasteiger partial charge is 0.142 e. The highest BCUT2D eigenvalue weighted by atomic mass is 35.5. The maximum Gasteiger partial charge on any atom is 0.142 e. The summed E-state index contributed by atoms with van der Waals surface area (Å²) in [5.74, 6) is 0. The van der Waals surface area contributed by atoms with Gasteiger partial charge in [0.1, 0.15) is 6.61 Å². The molecule has 1 aromatic rings. The quantitative estimate of drug-likeness (QED) is 0.367. The van der Waals surface area contributed by atoms with Crippen molar-refractivity contribution < 1.29 is 4.84 Å². The molecule has 2 nitrogen and oxygen atoms in total. The molecule has 0 aliphatic heterocycles. The molecule has 0 aliphatic carbocycles. The number of nitrogens with zero attached hydrogens (tertiary/aromatic N) is 1. The minimum atomic E-state index is 0.457. The topological polar surface area (TPSA) is 21.6 Å². The van der Waals surface area contributed by atoms with Gasteiger partial charge in [0.05, 0.1) is 6.21 Å². The summed E-state index contributed by atoms with van der Waals surface area (Å²) < 4.78 is 0. The van der Waals surface area contributed by atoms with Gasteiger partial charge >= 0.3 is 0 Å². The highest BCUT2D eigenvalue weighted by Crippen LogP contribution is 2.10. The molecule has 3 heteroatoms. The number of benzene rings is 1. The summed E-state index contributed by atoms with van der Waals surface area (Å²) in [6, 6.07) is 7.55. The Bertz CT molecular complexity index is 482. The van der Waals surface area contributed by atoms with Crippen LogP contribution in [0.15, 0.2) is 52.7 Å². The molecule has 1 aromatic carbocycles. The number of hydrogen-bond acceptors (Lipinski definition) is 2. The lowest BCUT2D eigenvalue weighted by Crippen LogP contribution is -1.86. The second-order valence-electron chi connectivity index (χ2n) is 4.99. The Balaban J connectivity index is 2.27. The lowest BCUT2D eigenvalue weighted by molar-refractivity contribution is 0.132. The van der Waals surface area contributed by atoms with Crippen molar-refractivity contribution in [3.63, 3.8) is 0 Å². The molecule has 0 fully saturated rings. The SMILES string of the molecule is CC(C)=CCC/C(C)=C/C=N/OCc1ccc(Cl)cc1. The maximum atomic E-state index is 5.81. The standard InChI is InChI=1S/C17H22ClNO/c1-14(2)5-4-6-15(3)11-12-19-20-13-16-7-9-17(18)10-8-16/h5,7-12H,4,6,13H2,1-3H3/b15-11+,19-12+. The van der Waals surface area contributed by atoms with E-state index in [4.69, 9.17) is 16.4 Å². The summed E-state index contributed by atoms with van der Waals surface area (Å²) in [5, 5.41) is 4.65. The van der Waals surface area contributed by atoms with Crippen LogP contribution in [0.25, 0.3) is 0 Å². The predicted octanol–water partition coefficient (Wildman–Crippen LogP) is 5.54. The van der Waals surface area contributed by atoms with Crippen molar-refractivity contribution in [3.8, 4) is 0 Å². The molecule has 0 N–H and O–H groups in total. The van der Waals surface area contributed by atoms with Crippen LogP contribution in [-0.4, -0.2) is 6.21 Å². The molecule has 0 amide bonds. The molecule has 0 bridgehead atoms. The van der Waals surface area contributed by atoms with Crippen molar-refractivity contribution in [1.82, 2.24) is 0 Å². The van der Waals surface area contributed by atoms with E-state index in [0.717, 1.165) is 23.4 Å². The first kappa shape index (κ1) is 16.5. The summed E-state index contributed by atoms with van der Waals surface area (Å²) in [6.45, 7) is 6.79. The van der Waals surface area contributed by atoms with Gasteiger partial charge in [-0.2, -0.15) is 0 Å². The van der Waals surface area contributed by atoms with Crippen LogP contribution in [-0.2, 0) is 11.4 Å². The summed E-state index contributed by atoms with van der Waals surface area (Å²) in [7, 11) is 0. The average Bonchev–Trinajstić information content (AvgIpc) is 2.40. The Morgan fingerprint density at radius 3 is 2.55 bits per heavy atom. The first-order valence-electron chi connectivity index (χ1n) is 6.77. The number of halogens is 1. The maximum absolute atomic E-state index is 5.81. The largest absolute Gasteiger partial charge is 0.391 e. The van der Waals surface area contributed by atoms with Gasteiger partial charge in [-0.1, -0.05) is 46.1 Å². The third-order valence-electron chi connectivity index (χ3n) is 2.73. The normalized spacial score (nSPS) is 11.7. The predicted molar refractivity (Wildman–Crippen MR) is 87.2 cm³/mol. The highest BCUT2D eigenvalue weighted by molar-refractivity contribution is 6.30. The zero-order chi connectivity index (χ0) is 14.8. The van der Waals surface area contributed by atoms with Crippen molar-refractivity contribution >= 4 is 17.8 Å². The van der Waals surface area contributed by atoms with E-state index in [1.165, 1.54) is 11.1 Å². The van der Waals surface area contributed by atoms with Crippen LogP contribution in [0.2, 0.25) is 5.02 Å². The molecule has 1 rings (SSSR count). The van der Waals surface area contributed by atoms with E-state index in [9.17, 15) is 0 Å². The van der Waals surface area contributed by atoms with Crippen molar-refractivity contribution in [1.29, 1.82) is 0 Å². The summed E-state index contributed by atoms with van der Waals surface area (Å²) in [4.78, 5) is 5.22. The van der Waals surface area contributed by atoms with Crippen LogP contribution < -0.4 is 0 Å². The second-order valence-corrected chi connectivity index (χ2v) is 5.42. The molecule has 0 heterocycles. The van der Waals surface area contributed by atoms with E-state index in [0.29, 0.717) is 6.61 Å². The van der Waals surface area contributed by atoms with Gasteiger partial charge in [0, 0.05) is 5.02 Å². The number of allylic oxidation sites excluding steroid dienone is 4. The van der Waals surface area contributed by atoms with Gasteiger partial charge in [-0.05, 0) is 57.4 Å². The van der Waals surface area contributed by atoms with Crippen molar-refractivity contribution in [2.45, 2.75) is 40.2 Å². The number of oxime groups is 1. The molecular weight excluding hydrogens is 270 g/mol. The van der Waals surface area contributed by atoms with Crippen LogP contribution >= 0.6 is 11.6 Å². The molecule has 0 unspecified atom stereocenters. The number of rotatable bonds is 7. The fourth-order valence-electron chi connectivity index (χ4n) is 1.56. The van der Waals surface area contributed by atoms with Gasteiger partial charge in [-0.3, -0.25) is 0 Å². The Labute approximate surface area is 126 Å². The molecule has 0 radical (unpaired) electrons. The van der Waals surface area contributed by atoms with Crippen molar-refractivity contribution in [2.75, 3.05) is 0 Å². The minimum Gasteiger partial charge on any atom is -0.391 e. The van der Waals surface area contributed by atoms with Gasteiger partial charge in [0.25, 0.3) is 0 Å². The summed E-state index contributed by atoms with van der Waals surface area (Å²) >= 11 is 5.81. The van der Waals surface area contributed by atoms with E-state index in [1.807, 2.05) is 30.3 Å². The third-order valence-corrected chi connectivity index (χ3v) is 2.98. The third kappa shape index (κ3) is 7.80. The molecule has 0 saturated heterocycles. The molecule has 0 aromatic heterocycles. The summed E-state index contributed by atoms with van der Waals surface area (Å²) in [6.07, 6.45) is 8.05. The van der Waals surface area contributed by atoms with Crippen LogP contribution in [0.5, 0.6) is 0 Å². The van der Waals surface area contributed by atoms with Gasteiger partial charge in [0.2, 0.25) is 0 Å². The first-order chi connectivity index (χ1) is 9.58. The molecular formula is C17H22ClNO. The Kier molecular flexibility index (Phi) is 7.74. The fourth-order valence-corrected chi connectivity index (χ4v) is 1.69. The van der Waals surface area contributed by atoms with Crippen LogP contribution in [0.3, 0.4) is 0 Å². The average molecular weight is 292 g/mol. The van der Waals surface area contributed by atoms with Gasteiger partial charge in [0.15, 0.2) is 0 Å². The number of hydrogen-bond donors (Lipinski definition) is 0. The lowest BCUT2D eigenvalue weighted by Gasteiger charge is -1.99. The van der Waals surface area contributed by atoms with Gasteiger partial charge in [-0.15, -0.1) is 0 Å². The lowest BCUT2D eigenvalue weighted by atomic mass is 10.1. The van der Waals surface area contributed by atoms with Gasteiger partial charge < -0.3 is 4.84 Å². The Morgan fingerprint density at radius 1 is 1.20 bits per heavy atom. The van der Waals surface area contributed by atoms with E-state index in [-0.39, 0.29) is 0 Å². The van der Waals surface area contributed by atoms with E-state index < -0.39 is 0 Å². The fraction of sp³-hybridized carbons (Fsp3) is 0.353. The van der Waals surface area contributed by atoms with Gasteiger partial charge in [-0.25, -0.2) is 0 Å². The Morgan fingerprint density at radius 2 is 1.90 bits per heavy atom. The minimum absolute atomic E-state index is 0.457. The van der Waals surface area contributed by atoms with Crippen LogP contribution in [0, 0.1) is 0 Å². The Hall–Kier alpha value is -1.54. The van der Waals surface area contributed by atoms with E-state index in [2.05, 4.69) is 32.0 Å². The molecule has 0 aliphatic rings. The zero-order valence-electron chi connectivity index (χ0n) is 12.4. The second kappa shape index (κ2) is 9.38. The van der Waals surface area contributed by atoms with E-state index in [1.54, 1.807) is 6.21 Å². The molecule has 108 valence electrons. The van der Waals surface area contributed by atoms with Crippen molar-refractivity contribution in [2.24, 2.45) is 5.16 Å². The van der Waals surface area contributed by atoms with Crippen LogP contribution in [0.4, 0.5) is 0 Å². The van der Waals surface area contributed by atoms with E-state index >= 15 is 0 Å². The zero-order valence-corrected chi connectivity index (χ0v) is 13.2. The first-order valence-corrected chi connectivity index (χ1v) is 7.14. The molecule has 0 atom stereocenters. The van der Waals surface area contributed by atoms with Crippen LogP contribution in [0.1, 0.15) is 39.2 Å². The van der Waals surface area contributed by atoms with Crippen molar-refractivity contribution in [3.05, 3.63) is 58.1 Å².